The van der Waals surface area contributed by atoms with Crippen LogP contribution < -0.4 is 0 Å². The van der Waals surface area contributed by atoms with Crippen LogP contribution in [0.5, 0.6) is 0 Å². The highest BCUT2D eigenvalue weighted by molar-refractivity contribution is 7.80. The largest absolute Gasteiger partial charge is 0.346 e. The average Bonchev–Trinajstić information content (AvgIpc) is 2.90. The van der Waals surface area contributed by atoms with Crippen LogP contribution in [0.1, 0.15) is 19.4 Å². The third kappa shape index (κ3) is 5.18. The van der Waals surface area contributed by atoms with E-state index in [0.29, 0.717) is 0 Å². The summed E-state index contributed by atoms with van der Waals surface area (Å²) in [6.45, 7) is 6.04. The Balaban J connectivity index is 0.000000177. The summed E-state index contributed by atoms with van der Waals surface area (Å²) in [5.74, 6) is 0. The van der Waals surface area contributed by atoms with Crippen molar-refractivity contribution in [1.29, 1.82) is 0 Å². The Morgan fingerprint density at radius 2 is 1.74 bits per heavy atom. The monoisotopic (exact) mass is 272 g/mol. The fraction of sp³-hybridized carbons (Fsp3) is 0.188. The number of aryl methyl sites for hydroxylation is 1. The number of benzene rings is 1. The molecule has 0 aliphatic rings. The van der Waals surface area contributed by atoms with Crippen LogP contribution in [-0.4, -0.2) is 9.97 Å². The maximum Gasteiger partial charge on any atom is 0.137 e. The molecule has 0 unspecified atom stereocenters. The molecule has 0 spiro atoms. The number of rotatable bonds is 0. The second-order valence-corrected chi connectivity index (χ2v) is 4.28. The molecule has 3 aromatic rings. The van der Waals surface area contributed by atoms with E-state index in [4.69, 9.17) is 0 Å². The molecular weight excluding hydrogens is 252 g/mol. The minimum absolute atomic E-state index is 0.964. The van der Waals surface area contributed by atoms with E-state index in [1.807, 2.05) is 69.6 Å². The third-order valence-corrected chi connectivity index (χ3v) is 2.59. The molecule has 0 bridgehead atoms. The molecule has 3 rings (SSSR count). The van der Waals surface area contributed by atoms with Gasteiger partial charge in [0.25, 0.3) is 0 Å². The second-order valence-electron chi connectivity index (χ2n) is 3.76. The minimum atomic E-state index is 0.964. The minimum Gasteiger partial charge on any atom is -0.346 e. The van der Waals surface area contributed by atoms with Crippen molar-refractivity contribution in [3.8, 4) is 0 Å². The van der Waals surface area contributed by atoms with Gasteiger partial charge in [0.15, 0.2) is 0 Å². The van der Waals surface area contributed by atoms with Crippen molar-refractivity contribution in [2.45, 2.75) is 25.7 Å². The van der Waals surface area contributed by atoms with Gasteiger partial charge in [0.05, 0.1) is 0 Å². The van der Waals surface area contributed by atoms with Gasteiger partial charge in [-0.1, -0.05) is 32.0 Å². The van der Waals surface area contributed by atoms with Crippen LogP contribution in [0.4, 0.5) is 0 Å². The Hall–Kier alpha value is -1.74. The van der Waals surface area contributed by atoms with Gasteiger partial charge in [0, 0.05) is 22.7 Å². The van der Waals surface area contributed by atoms with Crippen LogP contribution in [0.25, 0.3) is 11.0 Å². The highest BCUT2D eigenvalue weighted by atomic mass is 32.1. The lowest BCUT2D eigenvalue weighted by molar-refractivity contribution is 1.29. The first kappa shape index (κ1) is 15.3. The van der Waals surface area contributed by atoms with Gasteiger partial charge < -0.3 is 4.98 Å². The lowest BCUT2D eigenvalue weighted by atomic mass is 10.2. The van der Waals surface area contributed by atoms with Crippen molar-refractivity contribution in [2.75, 3.05) is 0 Å². The molecule has 0 fully saturated rings. The summed E-state index contributed by atoms with van der Waals surface area (Å²) in [6.07, 6.45) is 3.76. The van der Waals surface area contributed by atoms with Crippen LogP contribution in [0.15, 0.2) is 59.8 Å². The molecule has 2 aromatic heterocycles. The lowest BCUT2D eigenvalue weighted by Crippen LogP contribution is -1.76. The van der Waals surface area contributed by atoms with Gasteiger partial charge in [-0.05, 0) is 36.8 Å². The maximum atomic E-state index is 4.19. The number of pyridine rings is 1. The first-order valence-electron chi connectivity index (χ1n) is 6.39. The fourth-order valence-electron chi connectivity index (χ4n) is 1.48. The summed E-state index contributed by atoms with van der Waals surface area (Å²) in [5, 5.41) is 1.18. The van der Waals surface area contributed by atoms with Gasteiger partial charge in [0.2, 0.25) is 0 Å². The Bertz CT molecular complexity index is 588. The predicted molar refractivity (Wildman–Crippen MR) is 85.9 cm³/mol. The molecule has 2 nitrogen and oxygen atoms in total. The van der Waals surface area contributed by atoms with Crippen LogP contribution in [0.2, 0.25) is 0 Å². The van der Waals surface area contributed by atoms with Gasteiger partial charge in [-0.15, -0.1) is 12.6 Å². The number of aromatic nitrogens is 2. The number of hydrogen-bond donors (Lipinski definition) is 2. The van der Waals surface area contributed by atoms with Crippen LogP contribution in [0, 0.1) is 6.92 Å². The lowest BCUT2D eigenvalue weighted by Gasteiger charge is -1.89. The molecule has 0 aliphatic heterocycles. The number of nitrogens with zero attached hydrogens (tertiary/aromatic N) is 1. The van der Waals surface area contributed by atoms with Crippen molar-refractivity contribution in [3.05, 3.63) is 60.4 Å². The molecule has 2 heterocycles. The molecule has 0 atom stereocenters. The van der Waals surface area contributed by atoms with Crippen molar-refractivity contribution < 1.29 is 0 Å². The Labute approximate surface area is 120 Å². The number of hydrogen-bond acceptors (Lipinski definition) is 2. The normalized spacial score (nSPS) is 9.05. The molecule has 3 heteroatoms. The van der Waals surface area contributed by atoms with E-state index in [1.54, 1.807) is 0 Å². The van der Waals surface area contributed by atoms with E-state index < -0.39 is 0 Å². The molecule has 0 amide bonds. The summed E-state index contributed by atoms with van der Waals surface area (Å²) >= 11 is 4.08. The molecule has 100 valence electrons. The zero-order chi connectivity index (χ0) is 14.1. The second kappa shape index (κ2) is 8.38. The highest BCUT2D eigenvalue weighted by Crippen LogP contribution is 2.09. The van der Waals surface area contributed by atoms with Gasteiger partial charge in [-0.3, -0.25) is 0 Å². The first-order chi connectivity index (χ1) is 9.25. The molecule has 0 aliphatic carbocycles. The Morgan fingerprint density at radius 1 is 1.05 bits per heavy atom. The van der Waals surface area contributed by atoms with Crippen molar-refractivity contribution in [3.63, 3.8) is 0 Å². The zero-order valence-electron chi connectivity index (χ0n) is 11.6. The number of thiol groups is 1. The highest BCUT2D eigenvalue weighted by Gasteiger charge is 1.92. The number of H-pyrrole nitrogens is 1. The smallest absolute Gasteiger partial charge is 0.137 e. The van der Waals surface area contributed by atoms with Gasteiger partial charge >= 0.3 is 0 Å². The van der Waals surface area contributed by atoms with E-state index in [-0.39, 0.29) is 0 Å². The van der Waals surface area contributed by atoms with Crippen LogP contribution in [0.3, 0.4) is 0 Å². The molecule has 1 aromatic carbocycles. The quantitative estimate of drug-likeness (QED) is 0.561. The topological polar surface area (TPSA) is 28.7 Å². The summed E-state index contributed by atoms with van der Waals surface area (Å²) < 4.78 is 0. The molecule has 19 heavy (non-hydrogen) atoms. The standard InChI is InChI=1S/C8H8N2.C6H6S.C2H6/c1-6-4-7-2-3-9-8(7)10-5-6;7-6-4-2-1-3-5-6;1-2/h2-5H,1H3,(H,9,10);1-5,7H;1-2H3. The van der Waals surface area contributed by atoms with E-state index in [0.717, 1.165) is 10.5 Å². The predicted octanol–water partition coefficient (Wildman–Crippen LogP) is 4.87. The van der Waals surface area contributed by atoms with Gasteiger partial charge in [-0.2, -0.15) is 0 Å². The summed E-state index contributed by atoms with van der Waals surface area (Å²) in [4.78, 5) is 8.24. The van der Waals surface area contributed by atoms with Crippen LogP contribution in [-0.2, 0) is 0 Å². The Morgan fingerprint density at radius 3 is 2.32 bits per heavy atom. The number of nitrogens with one attached hydrogen (secondary N) is 1. The molecule has 1 N–H and O–H groups in total. The first-order valence-corrected chi connectivity index (χ1v) is 6.84. The summed E-state index contributed by atoms with van der Waals surface area (Å²) in [7, 11) is 0. The van der Waals surface area contributed by atoms with Crippen molar-refractivity contribution in [2.24, 2.45) is 0 Å². The molecule has 0 saturated heterocycles. The van der Waals surface area contributed by atoms with Crippen molar-refractivity contribution in [1.82, 2.24) is 9.97 Å². The number of fused-ring (bicyclic) bond motifs is 1. The summed E-state index contributed by atoms with van der Waals surface area (Å²) in [5.41, 5.74) is 2.16. The molecule has 0 radical (unpaired) electrons. The van der Waals surface area contributed by atoms with E-state index in [1.165, 1.54) is 10.9 Å². The number of aromatic amines is 1. The summed E-state index contributed by atoms with van der Waals surface area (Å²) in [6, 6.07) is 13.9. The average molecular weight is 272 g/mol. The molecule has 0 saturated carbocycles. The zero-order valence-corrected chi connectivity index (χ0v) is 12.5. The molecular formula is C16H20N2S. The fourth-order valence-corrected chi connectivity index (χ4v) is 1.65. The van der Waals surface area contributed by atoms with E-state index in [9.17, 15) is 0 Å². The Kier molecular flexibility index (Phi) is 6.75. The maximum absolute atomic E-state index is 4.19. The van der Waals surface area contributed by atoms with Crippen molar-refractivity contribution >= 4 is 23.7 Å². The van der Waals surface area contributed by atoms with Crippen LogP contribution >= 0.6 is 12.6 Å². The van der Waals surface area contributed by atoms with E-state index in [2.05, 4.69) is 28.7 Å². The van der Waals surface area contributed by atoms with Gasteiger partial charge in [-0.25, -0.2) is 4.98 Å². The van der Waals surface area contributed by atoms with E-state index >= 15 is 0 Å². The third-order valence-electron chi connectivity index (χ3n) is 2.29. The van der Waals surface area contributed by atoms with Gasteiger partial charge in [0.1, 0.15) is 5.65 Å². The SMILES string of the molecule is CC.Cc1cnc2[nH]ccc2c1.Sc1ccccc1.